The minimum Gasteiger partial charge on any atom is -0.455 e. The summed E-state index contributed by atoms with van der Waals surface area (Å²) < 4.78 is 21.0. The topological polar surface area (TPSA) is 111 Å². The van der Waals surface area contributed by atoms with E-state index in [1.807, 2.05) is 26.0 Å². The Balaban J connectivity index is 1.70. The molecule has 5 rings (SSSR count). The highest BCUT2D eigenvalue weighted by Crippen LogP contribution is 2.35. The van der Waals surface area contributed by atoms with Crippen LogP contribution in [0.3, 0.4) is 0 Å². The van der Waals surface area contributed by atoms with E-state index in [-0.39, 0.29) is 34.2 Å². The maximum atomic E-state index is 14.6. The number of anilines is 1. The fraction of sp³-hybridized carbons (Fsp3) is 0.0968. The van der Waals surface area contributed by atoms with E-state index in [1.54, 1.807) is 61.1 Å². The number of benzene rings is 2. The number of carbonyl (C=O) groups is 1. The number of hydrogen-bond donors (Lipinski definition) is 2. The molecule has 0 saturated carbocycles. The van der Waals surface area contributed by atoms with E-state index in [9.17, 15) is 14.0 Å². The molecule has 1 unspecified atom stereocenters. The summed E-state index contributed by atoms with van der Waals surface area (Å²) >= 11 is 0. The summed E-state index contributed by atoms with van der Waals surface area (Å²) in [5.74, 6) is -0.193. The number of hydrogen-bond acceptors (Lipinski definition) is 7. The normalized spacial score (nSPS) is 12.3. The Labute approximate surface area is 223 Å². The molecule has 3 N–H and O–H groups in total. The van der Waals surface area contributed by atoms with Gasteiger partial charge in [0.2, 0.25) is 5.43 Å². The van der Waals surface area contributed by atoms with Gasteiger partial charge in [-0.3, -0.25) is 19.6 Å². The maximum Gasteiger partial charge on any atom is 0.201 e. The number of fused-ring (bicyclic) bond motifs is 1. The van der Waals surface area contributed by atoms with Gasteiger partial charge in [0.05, 0.1) is 28.4 Å². The monoisotopic (exact) mass is 520 g/mol. The summed E-state index contributed by atoms with van der Waals surface area (Å²) in [6.07, 6.45) is 6.39. The number of aldehydes is 1. The highest BCUT2D eigenvalue weighted by atomic mass is 19.1. The summed E-state index contributed by atoms with van der Waals surface area (Å²) in [5, 5.41) is 3.73. The van der Waals surface area contributed by atoms with E-state index in [1.165, 1.54) is 6.07 Å². The molecule has 7 nitrogen and oxygen atoms in total. The molecular weight excluding hydrogens is 495 g/mol. The van der Waals surface area contributed by atoms with Crippen molar-refractivity contribution in [2.75, 3.05) is 5.32 Å². The number of nitrogens with one attached hydrogen (secondary N) is 1. The molecule has 0 fully saturated rings. The van der Waals surface area contributed by atoms with Gasteiger partial charge in [-0.1, -0.05) is 18.2 Å². The number of rotatable bonds is 7. The van der Waals surface area contributed by atoms with Crippen molar-refractivity contribution >= 4 is 28.5 Å². The van der Waals surface area contributed by atoms with E-state index >= 15 is 0 Å². The zero-order valence-electron chi connectivity index (χ0n) is 21.3. The largest absolute Gasteiger partial charge is 0.455 e. The van der Waals surface area contributed by atoms with Crippen LogP contribution in [-0.4, -0.2) is 16.3 Å². The number of carbonyl (C=O) groups excluding carboxylic acids is 1. The highest BCUT2D eigenvalue weighted by molar-refractivity contribution is 6.10. The number of allylic oxidation sites excluding steroid dienone is 1. The lowest BCUT2D eigenvalue weighted by molar-refractivity contribution is -0.103. The van der Waals surface area contributed by atoms with Crippen LogP contribution in [0.4, 0.5) is 10.1 Å². The standard InChI is InChI=1S/C31H25FN4O3/c1-18-13-23(19(2)36-26-10-6-12-35-28(26)22-8-3-4-9-25(22)32)31-24(14-18)29(38)27(21(15-33)17-37)30(39-31)20-7-5-11-34-16-20/h3-17,19,36H,33H2,1-2H3/b21-15+. The van der Waals surface area contributed by atoms with Crippen LogP contribution in [0.5, 0.6) is 0 Å². The van der Waals surface area contributed by atoms with Gasteiger partial charge in [-0.2, -0.15) is 0 Å². The van der Waals surface area contributed by atoms with E-state index in [0.717, 1.165) is 11.8 Å². The minimum absolute atomic E-state index is 0.0172. The number of aryl methyl sites for hydroxylation is 1. The molecule has 0 bridgehead atoms. The van der Waals surface area contributed by atoms with Crippen molar-refractivity contribution in [1.29, 1.82) is 0 Å². The SMILES string of the molecule is Cc1cc(C(C)Nc2cccnc2-c2ccccc2F)c2oc(-c3cccnc3)c(/C(C=O)=C/N)c(=O)c2c1. The fourth-order valence-corrected chi connectivity index (χ4v) is 4.64. The Morgan fingerprint density at radius 2 is 1.90 bits per heavy atom. The quantitative estimate of drug-likeness (QED) is 0.199. The molecule has 194 valence electrons. The van der Waals surface area contributed by atoms with Crippen LogP contribution in [0.25, 0.3) is 39.1 Å². The minimum atomic E-state index is -0.385. The zero-order chi connectivity index (χ0) is 27.5. The molecule has 0 spiro atoms. The molecule has 2 aromatic carbocycles. The number of halogens is 1. The number of pyridine rings is 2. The summed E-state index contributed by atoms with van der Waals surface area (Å²) in [6.45, 7) is 3.79. The third-order valence-corrected chi connectivity index (χ3v) is 6.46. The molecule has 0 aliphatic heterocycles. The third kappa shape index (κ3) is 4.80. The molecule has 0 radical (unpaired) electrons. The Morgan fingerprint density at radius 3 is 2.62 bits per heavy atom. The first kappa shape index (κ1) is 25.5. The van der Waals surface area contributed by atoms with E-state index < -0.39 is 0 Å². The summed E-state index contributed by atoms with van der Waals surface area (Å²) in [7, 11) is 0. The molecule has 1 atom stereocenters. The summed E-state index contributed by atoms with van der Waals surface area (Å²) in [6, 6.07) is 16.7. The van der Waals surface area contributed by atoms with Gasteiger partial charge >= 0.3 is 0 Å². The number of nitrogens with two attached hydrogens (primary N) is 1. The second-order valence-electron chi connectivity index (χ2n) is 9.09. The van der Waals surface area contributed by atoms with Gasteiger partial charge in [0.1, 0.15) is 17.2 Å². The molecule has 3 heterocycles. The first-order chi connectivity index (χ1) is 18.9. The lowest BCUT2D eigenvalue weighted by atomic mass is 9.96. The Hall–Kier alpha value is -5.11. The molecule has 39 heavy (non-hydrogen) atoms. The Morgan fingerprint density at radius 1 is 1.10 bits per heavy atom. The molecule has 0 aliphatic rings. The van der Waals surface area contributed by atoms with Crippen LogP contribution in [0, 0.1) is 12.7 Å². The second-order valence-corrected chi connectivity index (χ2v) is 9.09. The van der Waals surface area contributed by atoms with Gasteiger partial charge in [-0.15, -0.1) is 0 Å². The van der Waals surface area contributed by atoms with Crippen LogP contribution >= 0.6 is 0 Å². The Kier molecular flexibility index (Phi) is 7.01. The van der Waals surface area contributed by atoms with E-state index in [2.05, 4.69) is 15.3 Å². The van der Waals surface area contributed by atoms with Crippen LogP contribution in [0.15, 0.2) is 94.7 Å². The molecule has 3 aromatic heterocycles. The first-order valence-electron chi connectivity index (χ1n) is 12.3. The number of aromatic nitrogens is 2. The van der Waals surface area contributed by atoms with E-state index in [4.69, 9.17) is 10.2 Å². The van der Waals surface area contributed by atoms with Gasteiger partial charge in [-0.25, -0.2) is 4.39 Å². The van der Waals surface area contributed by atoms with Crippen molar-refractivity contribution in [2.24, 2.45) is 5.73 Å². The van der Waals surface area contributed by atoms with Crippen LogP contribution in [-0.2, 0) is 4.79 Å². The molecule has 8 heteroatoms. The zero-order valence-corrected chi connectivity index (χ0v) is 21.3. The molecular formula is C31H25FN4O3. The molecule has 5 aromatic rings. The van der Waals surface area contributed by atoms with Gasteiger partial charge in [-0.05, 0) is 61.9 Å². The summed E-state index contributed by atoms with van der Waals surface area (Å²) in [5.41, 5.74) is 9.25. The summed E-state index contributed by atoms with van der Waals surface area (Å²) in [4.78, 5) is 34.2. The van der Waals surface area contributed by atoms with Crippen LogP contribution < -0.4 is 16.5 Å². The average Bonchev–Trinajstić information content (AvgIpc) is 2.95. The van der Waals surface area contributed by atoms with Crippen molar-refractivity contribution < 1.29 is 13.6 Å². The van der Waals surface area contributed by atoms with Gasteiger partial charge < -0.3 is 15.5 Å². The van der Waals surface area contributed by atoms with Gasteiger partial charge in [0.15, 0.2) is 6.29 Å². The van der Waals surface area contributed by atoms with E-state index in [0.29, 0.717) is 45.3 Å². The van der Waals surface area contributed by atoms with Gasteiger partial charge in [0.25, 0.3) is 0 Å². The van der Waals surface area contributed by atoms with Crippen LogP contribution in [0.2, 0.25) is 0 Å². The van der Waals surface area contributed by atoms with Crippen molar-refractivity contribution in [3.8, 4) is 22.6 Å². The van der Waals surface area contributed by atoms with Crippen molar-refractivity contribution in [1.82, 2.24) is 9.97 Å². The van der Waals surface area contributed by atoms with Crippen molar-refractivity contribution in [2.45, 2.75) is 19.9 Å². The smallest absolute Gasteiger partial charge is 0.201 e. The highest BCUT2D eigenvalue weighted by Gasteiger charge is 2.23. The lowest BCUT2D eigenvalue weighted by Crippen LogP contribution is -2.15. The first-order valence-corrected chi connectivity index (χ1v) is 12.3. The maximum absolute atomic E-state index is 14.6. The third-order valence-electron chi connectivity index (χ3n) is 6.46. The molecule has 0 amide bonds. The fourth-order valence-electron chi connectivity index (χ4n) is 4.64. The number of nitrogens with zero attached hydrogens (tertiary/aromatic N) is 2. The van der Waals surface area contributed by atoms with Gasteiger partial charge in [0, 0.05) is 47.1 Å². The Bertz CT molecular complexity index is 1780. The predicted molar refractivity (Wildman–Crippen MR) is 150 cm³/mol. The average molecular weight is 521 g/mol. The lowest BCUT2D eigenvalue weighted by Gasteiger charge is -2.20. The second kappa shape index (κ2) is 10.7. The van der Waals surface area contributed by atoms with Crippen molar-refractivity contribution in [3.05, 3.63) is 118 Å². The van der Waals surface area contributed by atoms with Crippen molar-refractivity contribution in [3.63, 3.8) is 0 Å². The van der Waals surface area contributed by atoms with Crippen LogP contribution in [0.1, 0.15) is 29.7 Å². The molecule has 0 aliphatic carbocycles. The predicted octanol–water partition coefficient (Wildman–Crippen LogP) is 6.04. The molecule has 0 saturated heterocycles.